The highest BCUT2D eigenvalue weighted by molar-refractivity contribution is 5.95. The maximum atomic E-state index is 12.3. The van der Waals surface area contributed by atoms with E-state index in [0.29, 0.717) is 5.56 Å². The predicted molar refractivity (Wildman–Crippen MR) is 94.2 cm³/mol. The lowest BCUT2D eigenvalue weighted by Crippen LogP contribution is -2.46. The van der Waals surface area contributed by atoms with E-state index in [1.165, 1.54) is 37.5 Å². The molecule has 0 radical (unpaired) electrons. The van der Waals surface area contributed by atoms with E-state index < -0.39 is 18.6 Å². The molecule has 0 fully saturated rings. The number of alkyl halides is 2. The minimum absolute atomic E-state index is 0.0267. The number of amides is 2. The standard InChI is InChI=1S/C18H24F2N2O4/c1-5-11(2)21-17(24)12(3)22-16(23)9-7-13-6-8-14(26-18(19)20)15(10-13)25-4/h6-12,18H,5H2,1-4H3,(H,21,24)(H,22,23). The zero-order valence-corrected chi connectivity index (χ0v) is 15.2. The molecule has 0 bridgehead atoms. The van der Waals surface area contributed by atoms with Gasteiger partial charge in [0.25, 0.3) is 0 Å². The Morgan fingerprint density at radius 2 is 1.88 bits per heavy atom. The average Bonchev–Trinajstić information content (AvgIpc) is 2.59. The van der Waals surface area contributed by atoms with Crippen molar-refractivity contribution in [3.05, 3.63) is 29.8 Å². The van der Waals surface area contributed by atoms with Crippen LogP contribution in [-0.4, -0.2) is 37.6 Å². The third kappa shape index (κ3) is 7.08. The van der Waals surface area contributed by atoms with Crippen molar-refractivity contribution >= 4 is 17.9 Å². The molecule has 0 spiro atoms. The molecule has 2 N–H and O–H groups in total. The number of halogens is 2. The number of methoxy groups -OCH3 is 1. The molecule has 8 heteroatoms. The summed E-state index contributed by atoms with van der Waals surface area (Å²) in [5.41, 5.74) is 0.551. The van der Waals surface area contributed by atoms with Crippen LogP contribution in [0.5, 0.6) is 11.5 Å². The van der Waals surface area contributed by atoms with Gasteiger partial charge in [-0.3, -0.25) is 9.59 Å². The van der Waals surface area contributed by atoms with E-state index in [1.54, 1.807) is 6.92 Å². The number of rotatable bonds is 9. The Bertz CT molecular complexity index is 650. The van der Waals surface area contributed by atoms with Gasteiger partial charge in [0, 0.05) is 12.1 Å². The molecule has 0 aromatic heterocycles. The maximum absolute atomic E-state index is 12.3. The van der Waals surface area contributed by atoms with Gasteiger partial charge < -0.3 is 20.1 Å². The average molecular weight is 370 g/mol. The Morgan fingerprint density at radius 3 is 2.46 bits per heavy atom. The smallest absolute Gasteiger partial charge is 0.387 e. The van der Waals surface area contributed by atoms with Crippen molar-refractivity contribution in [1.82, 2.24) is 10.6 Å². The van der Waals surface area contributed by atoms with Crippen molar-refractivity contribution in [2.24, 2.45) is 0 Å². The second kappa shape index (κ2) is 10.4. The van der Waals surface area contributed by atoms with Crippen molar-refractivity contribution < 1.29 is 27.8 Å². The van der Waals surface area contributed by atoms with Crippen LogP contribution in [0.4, 0.5) is 8.78 Å². The Balaban J connectivity index is 2.69. The number of ether oxygens (including phenoxy) is 2. The summed E-state index contributed by atoms with van der Waals surface area (Å²) in [6.45, 7) is 2.45. The molecular formula is C18H24F2N2O4. The van der Waals surface area contributed by atoms with Crippen LogP contribution in [0.3, 0.4) is 0 Å². The molecule has 0 aliphatic carbocycles. The monoisotopic (exact) mass is 370 g/mol. The van der Waals surface area contributed by atoms with Crippen LogP contribution in [0.2, 0.25) is 0 Å². The first-order valence-corrected chi connectivity index (χ1v) is 8.18. The lowest BCUT2D eigenvalue weighted by Gasteiger charge is -2.16. The third-order valence-corrected chi connectivity index (χ3v) is 3.58. The van der Waals surface area contributed by atoms with Gasteiger partial charge in [0.1, 0.15) is 6.04 Å². The number of hydrogen-bond acceptors (Lipinski definition) is 4. The SMILES string of the molecule is CCC(C)NC(=O)C(C)NC(=O)C=Cc1ccc(OC(F)F)c(OC)c1. The van der Waals surface area contributed by atoms with Gasteiger partial charge in [-0.2, -0.15) is 8.78 Å². The summed E-state index contributed by atoms with van der Waals surface area (Å²) < 4.78 is 33.9. The summed E-state index contributed by atoms with van der Waals surface area (Å²) in [5.74, 6) is -0.700. The fourth-order valence-electron chi connectivity index (χ4n) is 1.95. The second-order valence-corrected chi connectivity index (χ2v) is 5.67. The third-order valence-electron chi connectivity index (χ3n) is 3.58. The van der Waals surface area contributed by atoms with Gasteiger partial charge in [0.05, 0.1) is 7.11 Å². The molecular weight excluding hydrogens is 346 g/mol. The summed E-state index contributed by atoms with van der Waals surface area (Å²) in [4.78, 5) is 23.8. The molecule has 2 atom stereocenters. The van der Waals surface area contributed by atoms with Gasteiger partial charge in [-0.25, -0.2) is 0 Å². The van der Waals surface area contributed by atoms with Crippen molar-refractivity contribution in [3.63, 3.8) is 0 Å². The van der Waals surface area contributed by atoms with Gasteiger partial charge in [-0.15, -0.1) is 0 Å². The lowest BCUT2D eigenvalue weighted by atomic mass is 10.2. The Kier molecular flexibility index (Phi) is 8.54. The molecule has 0 heterocycles. The molecule has 1 aromatic carbocycles. The second-order valence-electron chi connectivity index (χ2n) is 5.67. The summed E-state index contributed by atoms with van der Waals surface area (Å²) in [5, 5.41) is 5.33. The lowest BCUT2D eigenvalue weighted by molar-refractivity contribution is -0.127. The number of hydrogen-bond donors (Lipinski definition) is 2. The predicted octanol–water partition coefficient (Wildman–Crippen LogP) is 2.73. The molecule has 0 aliphatic rings. The molecule has 2 amide bonds. The Labute approximate surface area is 151 Å². The minimum Gasteiger partial charge on any atom is -0.493 e. The molecule has 1 aromatic rings. The van der Waals surface area contributed by atoms with E-state index >= 15 is 0 Å². The quantitative estimate of drug-likeness (QED) is 0.656. The minimum atomic E-state index is -2.96. The maximum Gasteiger partial charge on any atom is 0.387 e. The van der Waals surface area contributed by atoms with Gasteiger partial charge in [-0.1, -0.05) is 13.0 Å². The first-order chi connectivity index (χ1) is 12.3. The number of carbonyl (C=O) groups is 2. The summed E-state index contributed by atoms with van der Waals surface area (Å²) in [6, 6.07) is 3.63. The molecule has 2 unspecified atom stereocenters. The van der Waals surface area contributed by atoms with Gasteiger partial charge in [-0.05, 0) is 44.0 Å². The van der Waals surface area contributed by atoms with Crippen molar-refractivity contribution in [3.8, 4) is 11.5 Å². The van der Waals surface area contributed by atoms with Crippen molar-refractivity contribution in [2.75, 3.05) is 7.11 Å². The number of carbonyl (C=O) groups excluding carboxylic acids is 2. The van der Waals surface area contributed by atoms with E-state index in [0.717, 1.165) is 6.42 Å². The van der Waals surface area contributed by atoms with Crippen LogP contribution in [0.1, 0.15) is 32.8 Å². The number of nitrogens with one attached hydrogen (secondary N) is 2. The molecule has 144 valence electrons. The Morgan fingerprint density at radius 1 is 1.19 bits per heavy atom. The largest absolute Gasteiger partial charge is 0.493 e. The first-order valence-electron chi connectivity index (χ1n) is 8.18. The molecule has 0 aliphatic heterocycles. The van der Waals surface area contributed by atoms with Gasteiger partial charge in [0.2, 0.25) is 11.8 Å². The van der Waals surface area contributed by atoms with Crippen LogP contribution >= 0.6 is 0 Å². The van der Waals surface area contributed by atoms with E-state index in [9.17, 15) is 18.4 Å². The highest BCUT2D eigenvalue weighted by atomic mass is 19.3. The zero-order chi connectivity index (χ0) is 19.7. The van der Waals surface area contributed by atoms with E-state index in [4.69, 9.17) is 4.74 Å². The van der Waals surface area contributed by atoms with Crippen LogP contribution in [0, 0.1) is 0 Å². The van der Waals surface area contributed by atoms with Crippen LogP contribution in [0.25, 0.3) is 6.08 Å². The van der Waals surface area contributed by atoms with Crippen molar-refractivity contribution in [2.45, 2.75) is 45.9 Å². The van der Waals surface area contributed by atoms with Crippen molar-refractivity contribution in [1.29, 1.82) is 0 Å². The van der Waals surface area contributed by atoms with E-state index in [-0.39, 0.29) is 23.4 Å². The highest BCUT2D eigenvalue weighted by Crippen LogP contribution is 2.29. The van der Waals surface area contributed by atoms with E-state index in [1.807, 2.05) is 13.8 Å². The number of benzene rings is 1. The molecule has 0 saturated heterocycles. The van der Waals surface area contributed by atoms with Gasteiger partial charge >= 0.3 is 6.61 Å². The van der Waals surface area contributed by atoms with Crippen LogP contribution in [0.15, 0.2) is 24.3 Å². The molecule has 6 nitrogen and oxygen atoms in total. The first kappa shape index (κ1) is 21.4. The zero-order valence-electron chi connectivity index (χ0n) is 15.2. The molecule has 0 saturated carbocycles. The fourth-order valence-corrected chi connectivity index (χ4v) is 1.95. The molecule has 26 heavy (non-hydrogen) atoms. The van der Waals surface area contributed by atoms with Gasteiger partial charge in [0.15, 0.2) is 11.5 Å². The fraction of sp³-hybridized carbons (Fsp3) is 0.444. The Hall–Kier alpha value is -2.64. The van der Waals surface area contributed by atoms with E-state index in [2.05, 4.69) is 15.4 Å². The van der Waals surface area contributed by atoms with Crippen LogP contribution < -0.4 is 20.1 Å². The molecule has 1 rings (SSSR count). The topological polar surface area (TPSA) is 76.7 Å². The summed E-state index contributed by atoms with van der Waals surface area (Å²) in [7, 11) is 1.32. The highest BCUT2D eigenvalue weighted by Gasteiger charge is 2.15. The normalized spacial score (nSPS) is 13.3. The van der Waals surface area contributed by atoms with Crippen LogP contribution in [-0.2, 0) is 9.59 Å². The summed E-state index contributed by atoms with van der Waals surface area (Å²) in [6.07, 6.45) is 3.51. The summed E-state index contributed by atoms with van der Waals surface area (Å²) >= 11 is 0.